The van der Waals surface area contributed by atoms with Crippen LogP contribution in [0.4, 0.5) is 14.5 Å². The summed E-state index contributed by atoms with van der Waals surface area (Å²) < 4.78 is 27.1. The molecule has 1 fully saturated rings. The Labute approximate surface area is 162 Å². The van der Waals surface area contributed by atoms with E-state index < -0.39 is 23.4 Å². The Kier molecular flexibility index (Phi) is 4.71. The molecule has 144 valence electrons. The largest absolute Gasteiger partial charge is 0.366 e. The molecular formula is C22H20F2N2O2. The van der Waals surface area contributed by atoms with Crippen molar-refractivity contribution in [2.75, 3.05) is 18.0 Å². The maximum Gasteiger partial charge on any atom is 0.282 e. The highest BCUT2D eigenvalue weighted by Crippen LogP contribution is 2.36. The topological polar surface area (TPSA) is 40.6 Å². The van der Waals surface area contributed by atoms with Crippen LogP contribution in [0.25, 0.3) is 5.57 Å². The fraction of sp³-hybridized carbons (Fsp3) is 0.273. The molecule has 0 N–H and O–H groups in total. The summed E-state index contributed by atoms with van der Waals surface area (Å²) in [5.41, 5.74) is 2.38. The molecule has 0 atom stereocenters. The number of anilines is 1. The number of hydrogen-bond donors (Lipinski definition) is 0. The van der Waals surface area contributed by atoms with Gasteiger partial charge in [0.1, 0.15) is 5.70 Å². The van der Waals surface area contributed by atoms with Crippen LogP contribution in [0.5, 0.6) is 0 Å². The quantitative estimate of drug-likeness (QED) is 0.752. The smallest absolute Gasteiger partial charge is 0.282 e. The van der Waals surface area contributed by atoms with Gasteiger partial charge in [0.05, 0.1) is 11.3 Å². The molecule has 2 aliphatic heterocycles. The minimum atomic E-state index is -1.10. The van der Waals surface area contributed by atoms with Crippen LogP contribution in [0, 0.1) is 18.6 Å². The monoisotopic (exact) mass is 382 g/mol. The lowest BCUT2D eigenvalue weighted by Gasteiger charge is -2.29. The first-order chi connectivity index (χ1) is 13.5. The molecule has 0 unspecified atom stereocenters. The van der Waals surface area contributed by atoms with Crippen LogP contribution in [0.2, 0.25) is 0 Å². The predicted molar refractivity (Wildman–Crippen MR) is 102 cm³/mol. The highest BCUT2D eigenvalue weighted by atomic mass is 19.2. The van der Waals surface area contributed by atoms with E-state index in [0.717, 1.165) is 41.9 Å². The molecule has 2 amide bonds. The van der Waals surface area contributed by atoms with Crippen molar-refractivity contribution in [3.63, 3.8) is 0 Å². The summed E-state index contributed by atoms with van der Waals surface area (Å²) >= 11 is 0. The van der Waals surface area contributed by atoms with Crippen LogP contribution in [0.1, 0.15) is 30.4 Å². The molecule has 2 heterocycles. The molecule has 28 heavy (non-hydrogen) atoms. The average molecular weight is 382 g/mol. The van der Waals surface area contributed by atoms with Crippen molar-refractivity contribution in [3.05, 3.63) is 70.9 Å². The van der Waals surface area contributed by atoms with Gasteiger partial charge in [-0.1, -0.05) is 29.8 Å². The summed E-state index contributed by atoms with van der Waals surface area (Å²) in [5.74, 6) is -3.12. The van der Waals surface area contributed by atoms with Crippen molar-refractivity contribution < 1.29 is 18.4 Å². The maximum absolute atomic E-state index is 13.8. The number of benzene rings is 2. The van der Waals surface area contributed by atoms with Gasteiger partial charge in [-0.05, 0) is 43.9 Å². The Morgan fingerprint density at radius 1 is 0.821 bits per heavy atom. The molecule has 0 radical (unpaired) electrons. The van der Waals surface area contributed by atoms with E-state index in [4.69, 9.17) is 0 Å². The normalized spacial score (nSPS) is 17.7. The molecule has 6 heteroatoms. The van der Waals surface area contributed by atoms with Gasteiger partial charge in [0.15, 0.2) is 11.6 Å². The lowest BCUT2D eigenvalue weighted by Crippen LogP contribution is -2.37. The van der Waals surface area contributed by atoms with Gasteiger partial charge in [-0.25, -0.2) is 13.7 Å². The minimum Gasteiger partial charge on any atom is -0.366 e. The number of halogens is 2. The number of amides is 2. The van der Waals surface area contributed by atoms with E-state index in [1.54, 1.807) is 0 Å². The lowest BCUT2D eigenvalue weighted by atomic mass is 10.0. The number of carbonyl (C=O) groups is 2. The summed E-state index contributed by atoms with van der Waals surface area (Å²) in [6, 6.07) is 10.5. The van der Waals surface area contributed by atoms with Gasteiger partial charge in [0.2, 0.25) is 0 Å². The molecule has 2 aromatic carbocycles. The first-order valence-corrected chi connectivity index (χ1v) is 9.37. The van der Waals surface area contributed by atoms with E-state index in [2.05, 4.69) is 0 Å². The lowest BCUT2D eigenvalue weighted by molar-refractivity contribution is -0.120. The zero-order chi connectivity index (χ0) is 19.8. The second-order valence-corrected chi connectivity index (χ2v) is 7.18. The van der Waals surface area contributed by atoms with Crippen LogP contribution in [0.15, 0.2) is 48.2 Å². The number of hydrogen-bond acceptors (Lipinski definition) is 3. The molecule has 2 aromatic rings. The number of aryl methyl sites for hydroxylation is 1. The zero-order valence-corrected chi connectivity index (χ0v) is 15.5. The number of piperidine rings is 1. The molecule has 0 bridgehead atoms. The van der Waals surface area contributed by atoms with Gasteiger partial charge < -0.3 is 4.90 Å². The predicted octanol–water partition coefficient (Wildman–Crippen LogP) is 4.04. The standard InChI is InChI=1S/C22H20F2N2O2/c1-14-5-7-15(8-6-14)19-20(25-11-3-2-4-12-25)22(28)26(21(19)27)16-9-10-17(23)18(24)13-16/h5-10,13H,2-4,11-12H2,1H3. The summed E-state index contributed by atoms with van der Waals surface area (Å²) in [7, 11) is 0. The van der Waals surface area contributed by atoms with Crippen LogP contribution >= 0.6 is 0 Å². The third-order valence-corrected chi connectivity index (χ3v) is 5.23. The van der Waals surface area contributed by atoms with Gasteiger partial charge in [0, 0.05) is 19.2 Å². The second-order valence-electron chi connectivity index (χ2n) is 7.18. The van der Waals surface area contributed by atoms with Crippen molar-refractivity contribution in [2.24, 2.45) is 0 Å². The number of nitrogens with zero attached hydrogens (tertiary/aromatic N) is 2. The first kappa shape index (κ1) is 18.3. The molecule has 0 spiro atoms. The zero-order valence-electron chi connectivity index (χ0n) is 15.5. The second kappa shape index (κ2) is 7.19. The summed E-state index contributed by atoms with van der Waals surface area (Å²) in [4.78, 5) is 29.4. The van der Waals surface area contributed by atoms with Crippen molar-refractivity contribution in [3.8, 4) is 0 Å². The van der Waals surface area contributed by atoms with Crippen molar-refractivity contribution in [1.82, 2.24) is 4.90 Å². The molecule has 0 aliphatic carbocycles. The van der Waals surface area contributed by atoms with Gasteiger partial charge >= 0.3 is 0 Å². The molecule has 0 aromatic heterocycles. The number of imide groups is 1. The third-order valence-electron chi connectivity index (χ3n) is 5.23. The van der Waals surface area contributed by atoms with E-state index in [9.17, 15) is 18.4 Å². The van der Waals surface area contributed by atoms with E-state index in [1.165, 1.54) is 6.07 Å². The van der Waals surface area contributed by atoms with E-state index in [-0.39, 0.29) is 5.69 Å². The van der Waals surface area contributed by atoms with Gasteiger partial charge in [0.25, 0.3) is 11.8 Å². The summed E-state index contributed by atoms with van der Waals surface area (Å²) in [6.07, 6.45) is 2.97. The number of carbonyl (C=O) groups excluding carboxylic acids is 2. The minimum absolute atomic E-state index is 0.0329. The fourth-order valence-corrected chi connectivity index (χ4v) is 3.77. The molecular weight excluding hydrogens is 362 g/mol. The van der Waals surface area contributed by atoms with Crippen molar-refractivity contribution in [2.45, 2.75) is 26.2 Å². The summed E-state index contributed by atoms with van der Waals surface area (Å²) in [5, 5.41) is 0. The van der Waals surface area contributed by atoms with Gasteiger partial charge in [-0.3, -0.25) is 9.59 Å². The molecule has 0 saturated carbocycles. The Morgan fingerprint density at radius 3 is 2.14 bits per heavy atom. The van der Waals surface area contributed by atoms with Crippen LogP contribution in [-0.2, 0) is 9.59 Å². The molecule has 1 saturated heterocycles. The Hall–Kier alpha value is -3.02. The van der Waals surface area contributed by atoms with Crippen LogP contribution in [-0.4, -0.2) is 29.8 Å². The van der Waals surface area contributed by atoms with Crippen molar-refractivity contribution >= 4 is 23.1 Å². The number of likely N-dealkylation sites (tertiary alicyclic amines) is 1. The van der Waals surface area contributed by atoms with E-state index >= 15 is 0 Å². The number of rotatable bonds is 3. The maximum atomic E-state index is 13.8. The van der Waals surface area contributed by atoms with E-state index in [1.807, 2.05) is 36.1 Å². The first-order valence-electron chi connectivity index (χ1n) is 9.37. The van der Waals surface area contributed by atoms with Crippen LogP contribution in [0.3, 0.4) is 0 Å². The Bertz CT molecular complexity index is 977. The van der Waals surface area contributed by atoms with Gasteiger partial charge in [-0.2, -0.15) is 0 Å². The van der Waals surface area contributed by atoms with E-state index in [0.29, 0.717) is 29.9 Å². The highest BCUT2D eigenvalue weighted by Gasteiger charge is 2.42. The average Bonchev–Trinajstić information content (AvgIpc) is 2.96. The molecule has 2 aliphatic rings. The Balaban J connectivity index is 1.82. The SMILES string of the molecule is Cc1ccc(C2=C(N3CCCCC3)C(=O)N(c3ccc(F)c(F)c3)C2=O)cc1. The highest BCUT2D eigenvalue weighted by molar-refractivity contribution is 6.45. The summed E-state index contributed by atoms with van der Waals surface area (Å²) in [6.45, 7) is 3.32. The van der Waals surface area contributed by atoms with Gasteiger partial charge in [-0.15, -0.1) is 0 Å². The van der Waals surface area contributed by atoms with Crippen molar-refractivity contribution in [1.29, 1.82) is 0 Å². The Morgan fingerprint density at radius 2 is 1.50 bits per heavy atom. The fourth-order valence-electron chi connectivity index (χ4n) is 3.77. The molecule has 4 rings (SSSR count). The third kappa shape index (κ3) is 3.09. The molecule has 4 nitrogen and oxygen atoms in total. The van der Waals surface area contributed by atoms with Crippen LogP contribution < -0.4 is 4.90 Å².